The first-order valence-corrected chi connectivity index (χ1v) is 6.52. The van der Waals surface area contributed by atoms with E-state index in [0.29, 0.717) is 0 Å². The zero-order chi connectivity index (χ0) is 15.6. The van der Waals surface area contributed by atoms with Crippen LogP contribution in [0, 0.1) is 0 Å². The van der Waals surface area contributed by atoms with Gasteiger partial charge in [-0.2, -0.15) is 0 Å². The molecule has 0 bridgehead atoms. The molecule has 116 valence electrons. The lowest BCUT2D eigenvalue weighted by molar-refractivity contribution is -0.147. The van der Waals surface area contributed by atoms with Crippen LogP contribution in [0.1, 0.15) is 6.23 Å². The van der Waals surface area contributed by atoms with Crippen LogP contribution >= 0.6 is 11.6 Å². The zero-order valence-electron chi connectivity index (χ0n) is 10.6. The molecule has 1 fully saturated rings. The van der Waals surface area contributed by atoms with E-state index in [1.807, 2.05) is 4.98 Å². The topological polar surface area (TPSA) is 131 Å². The average molecular weight is 321 g/mol. The van der Waals surface area contributed by atoms with Gasteiger partial charge in [-0.1, -0.05) is 0 Å². The van der Waals surface area contributed by atoms with Gasteiger partial charge in [0, 0.05) is 12.3 Å². The Bertz CT molecular complexity index is 627. The maximum absolute atomic E-state index is 11.6. The molecule has 0 saturated carbocycles. The molecular weight excluding hydrogens is 308 g/mol. The van der Waals surface area contributed by atoms with E-state index in [4.69, 9.17) is 21.1 Å². The Morgan fingerprint density at radius 1 is 1.43 bits per heavy atom. The largest absolute Gasteiger partial charge is 0.462 e. The van der Waals surface area contributed by atoms with E-state index in [1.165, 1.54) is 0 Å². The third-order valence-corrected chi connectivity index (χ3v) is 3.20. The molecule has 0 aliphatic carbocycles. The van der Waals surface area contributed by atoms with Crippen molar-refractivity contribution in [3.05, 3.63) is 33.1 Å². The van der Waals surface area contributed by atoms with Crippen molar-refractivity contribution in [1.29, 1.82) is 0 Å². The van der Waals surface area contributed by atoms with Crippen LogP contribution in [0.2, 0.25) is 0 Å². The number of nitrogens with one attached hydrogen (secondary N) is 1. The van der Waals surface area contributed by atoms with Crippen molar-refractivity contribution in [1.82, 2.24) is 9.55 Å². The molecule has 3 N–H and O–H groups in total. The molecule has 1 saturated heterocycles. The first-order chi connectivity index (χ1) is 9.93. The van der Waals surface area contributed by atoms with E-state index in [2.05, 4.69) is 0 Å². The van der Waals surface area contributed by atoms with Crippen LogP contribution in [0.25, 0.3) is 0 Å². The van der Waals surface area contributed by atoms with Crippen LogP contribution < -0.4 is 11.2 Å². The van der Waals surface area contributed by atoms with Crippen molar-refractivity contribution in [2.45, 2.75) is 24.5 Å². The number of carbonyl (C=O) groups excluding carboxylic acids is 1. The molecule has 0 unspecified atom stereocenters. The number of aliphatic hydroxyl groups excluding tert-OH is 2. The van der Waals surface area contributed by atoms with Gasteiger partial charge in [0.25, 0.3) is 5.56 Å². The summed E-state index contributed by atoms with van der Waals surface area (Å²) in [5.41, 5.74) is -1.39. The van der Waals surface area contributed by atoms with Gasteiger partial charge in [0.2, 0.25) is 0 Å². The minimum atomic E-state index is -1.42. The number of ether oxygens (including phenoxy) is 2. The minimum Gasteiger partial charge on any atom is -0.462 e. The molecule has 10 heteroatoms. The minimum absolute atomic E-state index is 0.321. The number of rotatable bonds is 4. The Morgan fingerprint density at radius 3 is 2.76 bits per heavy atom. The van der Waals surface area contributed by atoms with Gasteiger partial charge in [-0.15, -0.1) is 11.6 Å². The normalized spacial score (nSPS) is 28.5. The number of H-pyrrole nitrogens is 1. The van der Waals surface area contributed by atoms with Crippen molar-refractivity contribution >= 4 is 17.6 Å². The number of nitrogens with zero attached hydrogens (tertiary/aromatic N) is 1. The second kappa shape index (κ2) is 6.39. The standard InChI is InChI=1S/C11H13ClN2O7/c12-3-7(16)20-4-5-8(17)9(18)10(21-5)14-2-1-6(15)13-11(14)19/h1-2,5,8-10,17-18H,3-4H2,(H,13,15,19)/t5-,8-,9-,10-/m1/s1. The number of alkyl halides is 1. The van der Waals surface area contributed by atoms with E-state index < -0.39 is 41.8 Å². The molecule has 0 amide bonds. The van der Waals surface area contributed by atoms with Gasteiger partial charge in [0.1, 0.15) is 30.8 Å². The number of carbonyl (C=O) groups is 1. The van der Waals surface area contributed by atoms with Gasteiger partial charge >= 0.3 is 11.7 Å². The lowest BCUT2D eigenvalue weighted by Crippen LogP contribution is -2.37. The van der Waals surface area contributed by atoms with E-state index in [9.17, 15) is 24.6 Å². The summed E-state index contributed by atoms with van der Waals surface area (Å²) in [5, 5.41) is 19.7. The summed E-state index contributed by atoms with van der Waals surface area (Å²) in [6.45, 7) is -0.321. The highest BCUT2D eigenvalue weighted by molar-refractivity contribution is 6.26. The smallest absolute Gasteiger partial charge is 0.330 e. The first-order valence-electron chi connectivity index (χ1n) is 5.98. The Balaban J connectivity index is 2.14. The zero-order valence-corrected chi connectivity index (χ0v) is 11.4. The fourth-order valence-electron chi connectivity index (χ4n) is 1.94. The molecule has 2 heterocycles. The average Bonchev–Trinajstić information content (AvgIpc) is 2.73. The Hall–Kier alpha value is -1.68. The molecule has 1 aromatic rings. The highest BCUT2D eigenvalue weighted by Crippen LogP contribution is 2.28. The Morgan fingerprint density at radius 2 is 2.14 bits per heavy atom. The highest BCUT2D eigenvalue weighted by atomic mass is 35.5. The lowest BCUT2D eigenvalue weighted by atomic mass is 10.1. The number of aliphatic hydroxyl groups is 2. The molecule has 2 rings (SSSR count). The molecule has 1 aromatic heterocycles. The van der Waals surface area contributed by atoms with Crippen LogP contribution in [0.15, 0.2) is 21.9 Å². The summed E-state index contributed by atoms with van der Waals surface area (Å²) in [5.74, 6) is -1.06. The predicted octanol–water partition coefficient (Wildman–Crippen LogP) is -2.06. The van der Waals surface area contributed by atoms with Crippen molar-refractivity contribution in [2.75, 3.05) is 12.5 Å². The third-order valence-electron chi connectivity index (χ3n) is 2.98. The van der Waals surface area contributed by atoms with Gasteiger partial charge in [-0.3, -0.25) is 19.1 Å². The van der Waals surface area contributed by atoms with Crippen LogP contribution in [0.4, 0.5) is 0 Å². The lowest BCUT2D eigenvalue weighted by Gasteiger charge is -2.16. The molecule has 1 aliphatic rings. The first kappa shape index (κ1) is 15.7. The summed E-state index contributed by atoms with van der Waals surface area (Å²) < 4.78 is 11.0. The van der Waals surface area contributed by atoms with E-state index in [1.54, 1.807) is 0 Å². The maximum atomic E-state index is 11.6. The molecule has 0 aromatic carbocycles. The van der Waals surface area contributed by atoms with Gasteiger partial charge in [0.05, 0.1) is 0 Å². The summed E-state index contributed by atoms with van der Waals surface area (Å²) in [6.07, 6.45) is -3.88. The van der Waals surface area contributed by atoms with Gasteiger partial charge < -0.3 is 19.7 Å². The van der Waals surface area contributed by atoms with E-state index in [0.717, 1.165) is 16.8 Å². The SMILES string of the molecule is O=C(CCl)OC[C@H]1O[C@@H](n2ccc(=O)[nH]c2=O)[C@H](O)[C@@H]1O. The number of hydrogen-bond acceptors (Lipinski definition) is 7. The fourth-order valence-corrected chi connectivity index (χ4v) is 2.02. The maximum Gasteiger partial charge on any atom is 0.330 e. The van der Waals surface area contributed by atoms with Gasteiger partial charge in [-0.25, -0.2) is 4.79 Å². The van der Waals surface area contributed by atoms with E-state index >= 15 is 0 Å². The highest BCUT2D eigenvalue weighted by Gasteiger charge is 2.44. The number of esters is 1. The summed E-state index contributed by atoms with van der Waals surface area (Å²) in [7, 11) is 0. The van der Waals surface area contributed by atoms with Crippen LogP contribution in [-0.4, -0.2) is 56.5 Å². The molecule has 9 nitrogen and oxygen atoms in total. The summed E-state index contributed by atoms with van der Waals surface area (Å²) >= 11 is 5.26. The quantitative estimate of drug-likeness (QED) is 0.429. The van der Waals surface area contributed by atoms with Gasteiger partial charge in [0.15, 0.2) is 6.23 Å². The number of halogens is 1. The number of hydrogen-bond donors (Lipinski definition) is 3. The molecule has 0 radical (unpaired) electrons. The van der Waals surface area contributed by atoms with Crippen LogP contribution in [0.3, 0.4) is 0 Å². The predicted molar refractivity (Wildman–Crippen MR) is 68.9 cm³/mol. The molecular formula is C11H13ClN2O7. The third kappa shape index (κ3) is 3.32. The van der Waals surface area contributed by atoms with Gasteiger partial charge in [-0.05, 0) is 0 Å². The van der Waals surface area contributed by atoms with Crippen molar-refractivity contribution in [3.8, 4) is 0 Å². The summed E-state index contributed by atoms with van der Waals surface area (Å²) in [4.78, 5) is 35.6. The van der Waals surface area contributed by atoms with Crippen molar-refractivity contribution in [2.24, 2.45) is 0 Å². The molecule has 4 atom stereocenters. The second-order valence-electron chi connectivity index (χ2n) is 4.38. The fraction of sp³-hybridized carbons (Fsp3) is 0.545. The van der Waals surface area contributed by atoms with Crippen LogP contribution in [0.5, 0.6) is 0 Å². The number of aromatic amines is 1. The molecule has 0 spiro atoms. The van der Waals surface area contributed by atoms with Crippen LogP contribution in [-0.2, 0) is 14.3 Å². The second-order valence-corrected chi connectivity index (χ2v) is 4.65. The summed E-state index contributed by atoms with van der Waals surface area (Å²) in [6, 6.07) is 1.07. The number of aromatic nitrogens is 2. The van der Waals surface area contributed by atoms with Crippen molar-refractivity contribution < 1.29 is 24.5 Å². The Kier molecular flexibility index (Phi) is 4.78. The van der Waals surface area contributed by atoms with Crippen molar-refractivity contribution in [3.63, 3.8) is 0 Å². The molecule has 1 aliphatic heterocycles. The molecule has 21 heavy (non-hydrogen) atoms. The van der Waals surface area contributed by atoms with E-state index in [-0.39, 0.29) is 12.5 Å². The monoisotopic (exact) mass is 320 g/mol. The Labute approximate surface area is 122 Å².